The van der Waals surface area contributed by atoms with E-state index in [-0.39, 0.29) is 5.41 Å². The number of likely N-dealkylation sites (tertiary alicyclic amines) is 2. The zero-order chi connectivity index (χ0) is 19.1. The van der Waals surface area contributed by atoms with Crippen molar-refractivity contribution in [2.75, 3.05) is 26.2 Å². The van der Waals surface area contributed by atoms with Crippen LogP contribution in [0.2, 0.25) is 0 Å². The second-order valence-electron chi connectivity index (χ2n) is 8.38. The van der Waals surface area contributed by atoms with Gasteiger partial charge in [0.05, 0.1) is 11.2 Å². The largest absolute Gasteiger partial charge is 0.320 e. The smallest absolute Gasteiger partial charge is 0.137 e. The van der Waals surface area contributed by atoms with Crippen LogP contribution in [0.4, 0.5) is 0 Å². The van der Waals surface area contributed by atoms with Crippen LogP contribution in [-0.4, -0.2) is 55.7 Å². The molecule has 6 nitrogen and oxygen atoms in total. The number of thiazole rings is 1. The third-order valence-electron chi connectivity index (χ3n) is 6.31. The van der Waals surface area contributed by atoms with Crippen LogP contribution in [0, 0.1) is 12.3 Å². The molecule has 3 aromatic rings. The summed E-state index contributed by atoms with van der Waals surface area (Å²) < 4.78 is 2.11. The molecular weight excluding hydrogens is 368 g/mol. The van der Waals surface area contributed by atoms with Gasteiger partial charge in [0.15, 0.2) is 0 Å². The Morgan fingerprint density at radius 1 is 1.11 bits per heavy atom. The van der Waals surface area contributed by atoms with Gasteiger partial charge in [-0.15, -0.1) is 21.5 Å². The van der Waals surface area contributed by atoms with Crippen molar-refractivity contribution in [1.29, 1.82) is 0 Å². The lowest BCUT2D eigenvalue weighted by molar-refractivity contribution is -0.0111. The van der Waals surface area contributed by atoms with Gasteiger partial charge in [0.2, 0.25) is 0 Å². The average molecular weight is 395 g/mol. The minimum absolute atomic E-state index is 0.272. The van der Waals surface area contributed by atoms with E-state index >= 15 is 0 Å². The highest BCUT2D eigenvalue weighted by Gasteiger charge is 2.55. The number of aromatic nitrogens is 4. The number of hydrogen-bond donors (Lipinski definition) is 0. The van der Waals surface area contributed by atoms with Gasteiger partial charge in [-0.3, -0.25) is 9.80 Å². The molecule has 1 spiro atoms. The van der Waals surface area contributed by atoms with Gasteiger partial charge in [-0.25, -0.2) is 4.98 Å². The summed E-state index contributed by atoms with van der Waals surface area (Å²) in [5.74, 6) is 1.56. The molecule has 2 aromatic heterocycles. The van der Waals surface area contributed by atoms with E-state index < -0.39 is 0 Å². The van der Waals surface area contributed by atoms with Gasteiger partial charge < -0.3 is 4.57 Å². The van der Waals surface area contributed by atoms with Crippen molar-refractivity contribution in [2.45, 2.75) is 25.9 Å². The molecule has 2 aliphatic rings. The molecule has 0 amide bonds. The first-order valence-electron chi connectivity index (χ1n) is 9.84. The molecule has 2 saturated heterocycles. The summed E-state index contributed by atoms with van der Waals surface area (Å²) >= 11 is 1.77. The zero-order valence-electron chi connectivity index (χ0n) is 16.5. The first kappa shape index (κ1) is 18.0. The molecular formula is C21H26N6S. The number of rotatable bonds is 5. The van der Waals surface area contributed by atoms with E-state index in [4.69, 9.17) is 0 Å². The minimum Gasteiger partial charge on any atom is -0.320 e. The highest BCUT2D eigenvalue weighted by atomic mass is 32.1. The molecule has 0 N–H and O–H groups in total. The fourth-order valence-corrected chi connectivity index (χ4v) is 5.77. The van der Waals surface area contributed by atoms with Crippen molar-refractivity contribution in [1.82, 2.24) is 29.5 Å². The molecule has 0 bridgehead atoms. The molecule has 0 saturated carbocycles. The quantitative estimate of drug-likeness (QED) is 0.666. The Morgan fingerprint density at radius 2 is 1.89 bits per heavy atom. The second kappa shape index (κ2) is 7.06. The molecule has 146 valence electrons. The summed E-state index contributed by atoms with van der Waals surface area (Å²) in [4.78, 5) is 11.0. The van der Waals surface area contributed by atoms with Gasteiger partial charge in [-0.2, -0.15) is 0 Å². The highest BCUT2D eigenvalue weighted by Crippen LogP contribution is 2.49. The van der Waals surface area contributed by atoms with E-state index in [9.17, 15) is 0 Å². The van der Waals surface area contributed by atoms with Crippen LogP contribution in [0.3, 0.4) is 0 Å². The summed E-state index contributed by atoms with van der Waals surface area (Å²) in [6.07, 6.45) is 1.83. The van der Waals surface area contributed by atoms with E-state index in [0.29, 0.717) is 5.92 Å². The van der Waals surface area contributed by atoms with Gasteiger partial charge in [-0.1, -0.05) is 30.3 Å². The van der Waals surface area contributed by atoms with Crippen LogP contribution in [-0.2, 0) is 20.1 Å². The van der Waals surface area contributed by atoms with E-state index in [1.165, 1.54) is 16.1 Å². The highest BCUT2D eigenvalue weighted by molar-refractivity contribution is 7.09. The van der Waals surface area contributed by atoms with Crippen molar-refractivity contribution in [3.8, 4) is 0 Å². The number of benzene rings is 1. The summed E-state index contributed by atoms with van der Waals surface area (Å²) in [5.41, 5.74) is 4.79. The van der Waals surface area contributed by atoms with Crippen LogP contribution in [0.15, 0.2) is 42.2 Å². The lowest BCUT2D eigenvalue weighted by Gasteiger charge is -2.50. The molecule has 2 aliphatic heterocycles. The van der Waals surface area contributed by atoms with Gasteiger partial charge in [-0.05, 0) is 12.5 Å². The molecule has 1 aromatic carbocycles. The van der Waals surface area contributed by atoms with Crippen LogP contribution in [0.1, 0.15) is 27.9 Å². The fourth-order valence-electron chi connectivity index (χ4n) is 4.95. The predicted octanol–water partition coefficient (Wildman–Crippen LogP) is 2.68. The fraction of sp³-hybridized carbons (Fsp3) is 0.476. The maximum absolute atomic E-state index is 4.49. The topological polar surface area (TPSA) is 50.1 Å². The Hall–Kier alpha value is -2.09. The van der Waals surface area contributed by atoms with Crippen LogP contribution in [0.25, 0.3) is 0 Å². The molecule has 0 radical (unpaired) electrons. The van der Waals surface area contributed by atoms with Gasteiger partial charge >= 0.3 is 0 Å². The van der Waals surface area contributed by atoms with E-state index in [0.717, 1.165) is 45.1 Å². The summed E-state index contributed by atoms with van der Waals surface area (Å²) in [6, 6.07) is 10.8. The zero-order valence-corrected chi connectivity index (χ0v) is 17.3. The molecule has 28 heavy (non-hydrogen) atoms. The monoisotopic (exact) mass is 394 g/mol. The predicted molar refractivity (Wildman–Crippen MR) is 110 cm³/mol. The number of hydrogen-bond acceptors (Lipinski definition) is 6. The third-order valence-corrected chi connectivity index (χ3v) is 7.23. The Balaban J connectivity index is 1.34. The first-order valence-corrected chi connectivity index (χ1v) is 10.7. The lowest BCUT2D eigenvalue weighted by atomic mass is 9.71. The molecule has 1 unspecified atom stereocenters. The average Bonchev–Trinajstić information content (AvgIpc) is 3.35. The number of aryl methyl sites for hydroxylation is 2. The van der Waals surface area contributed by atoms with Gasteiger partial charge in [0.25, 0.3) is 0 Å². The Kier molecular flexibility index (Phi) is 4.53. The van der Waals surface area contributed by atoms with Crippen molar-refractivity contribution in [3.05, 3.63) is 64.1 Å². The first-order chi connectivity index (χ1) is 13.6. The van der Waals surface area contributed by atoms with Gasteiger partial charge in [0.1, 0.15) is 12.2 Å². The van der Waals surface area contributed by atoms with Crippen molar-refractivity contribution >= 4 is 11.3 Å². The Morgan fingerprint density at radius 3 is 2.57 bits per heavy atom. The summed E-state index contributed by atoms with van der Waals surface area (Å²) in [6.45, 7) is 8.54. The maximum atomic E-state index is 4.49. The molecule has 1 atom stereocenters. The summed E-state index contributed by atoms with van der Waals surface area (Å²) in [7, 11) is 2.07. The second-order valence-corrected chi connectivity index (χ2v) is 9.32. The van der Waals surface area contributed by atoms with Crippen LogP contribution >= 0.6 is 11.3 Å². The van der Waals surface area contributed by atoms with E-state index in [1.54, 1.807) is 11.3 Å². The summed E-state index contributed by atoms with van der Waals surface area (Å²) in [5, 5.41) is 8.66. The Bertz CT molecular complexity index is 943. The van der Waals surface area contributed by atoms with Crippen molar-refractivity contribution in [2.24, 2.45) is 12.5 Å². The molecule has 5 rings (SSSR count). The molecule has 4 heterocycles. The Labute approximate surface area is 169 Å². The normalized spacial score (nSPS) is 22.0. The lowest BCUT2D eigenvalue weighted by Crippen LogP contribution is -2.59. The van der Waals surface area contributed by atoms with Gasteiger partial charge in [0, 0.05) is 62.5 Å². The van der Waals surface area contributed by atoms with E-state index in [1.807, 2.05) is 11.8 Å². The SMILES string of the molecule is Cc1ncsc1CN1CC2(CN(Cc3ccccc3)CC2c2nncn2C)C1. The van der Waals surface area contributed by atoms with E-state index in [2.05, 4.69) is 73.9 Å². The standard InChI is InChI=1S/C21H26N6S/c1-16-19(28-15-22-16)10-27-12-21(13-27)11-26(8-17-6-4-3-5-7-17)9-18(21)20-24-23-14-25(20)2/h3-7,14-15,18H,8-13H2,1-2H3. The number of nitrogens with zero attached hydrogens (tertiary/aromatic N) is 6. The molecule has 7 heteroatoms. The van der Waals surface area contributed by atoms with Crippen molar-refractivity contribution < 1.29 is 0 Å². The van der Waals surface area contributed by atoms with Crippen LogP contribution in [0.5, 0.6) is 0 Å². The van der Waals surface area contributed by atoms with Crippen molar-refractivity contribution in [3.63, 3.8) is 0 Å². The maximum Gasteiger partial charge on any atom is 0.137 e. The van der Waals surface area contributed by atoms with Crippen LogP contribution < -0.4 is 0 Å². The molecule has 0 aliphatic carbocycles. The minimum atomic E-state index is 0.272. The molecule has 2 fully saturated rings. The third kappa shape index (κ3) is 3.17.